The van der Waals surface area contributed by atoms with Gasteiger partial charge < -0.3 is 14.8 Å². The van der Waals surface area contributed by atoms with Crippen LogP contribution in [0.3, 0.4) is 0 Å². The van der Waals surface area contributed by atoms with Crippen LogP contribution in [0.1, 0.15) is 6.92 Å². The number of amides is 1. The third kappa shape index (κ3) is 3.77. The van der Waals surface area contributed by atoms with Gasteiger partial charge in [0.25, 0.3) is 0 Å². The molecule has 4 aromatic rings. The number of ether oxygens (including phenoxy) is 2. The second kappa shape index (κ2) is 7.88. The van der Waals surface area contributed by atoms with E-state index in [1.54, 1.807) is 48.1 Å². The molecule has 2 aromatic heterocycles. The van der Waals surface area contributed by atoms with Crippen molar-refractivity contribution in [1.29, 1.82) is 0 Å². The van der Waals surface area contributed by atoms with E-state index in [2.05, 4.69) is 20.4 Å². The Labute approximate surface area is 180 Å². The highest BCUT2D eigenvalue weighted by Gasteiger charge is 2.20. The summed E-state index contributed by atoms with van der Waals surface area (Å²) in [5.74, 6) is 0.751. The largest absolute Gasteiger partial charge is 0.454 e. The Bertz CT molecular complexity index is 1280. The second-order valence-corrected chi connectivity index (χ2v) is 8.10. The van der Waals surface area contributed by atoms with E-state index in [0.29, 0.717) is 38.9 Å². The molecule has 0 radical (unpaired) electrons. The maximum absolute atomic E-state index is 13.2. The Kier molecular flexibility index (Phi) is 4.91. The smallest absolute Gasteiger partial charge is 0.237 e. The fraction of sp³-hybridized carbons (Fsp3) is 0.143. The quantitative estimate of drug-likeness (QED) is 0.375. The Balaban J connectivity index is 1.35. The van der Waals surface area contributed by atoms with Crippen molar-refractivity contribution in [2.24, 2.45) is 0 Å². The summed E-state index contributed by atoms with van der Waals surface area (Å²) in [6.45, 7) is 1.97. The molecule has 1 atom stereocenters. The maximum Gasteiger partial charge on any atom is 0.237 e. The molecule has 1 amide bonds. The van der Waals surface area contributed by atoms with E-state index in [1.165, 1.54) is 30.2 Å². The molecule has 2 aromatic carbocycles. The van der Waals surface area contributed by atoms with Crippen molar-refractivity contribution in [3.05, 3.63) is 60.8 Å². The van der Waals surface area contributed by atoms with Gasteiger partial charge in [0.05, 0.1) is 22.5 Å². The third-order valence-electron chi connectivity index (χ3n) is 4.70. The van der Waals surface area contributed by atoms with Gasteiger partial charge in [0, 0.05) is 11.8 Å². The zero-order valence-corrected chi connectivity index (χ0v) is 17.1. The molecule has 0 bridgehead atoms. The van der Waals surface area contributed by atoms with Crippen molar-refractivity contribution < 1.29 is 18.7 Å². The van der Waals surface area contributed by atoms with Crippen LogP contribution >= 0.6 is 11.8 Å². The number of hydrogen-bond donors (Lipinski definition) is 1. The lowest BCUT2D eigenvalue weighted by Crippen LogP contribution is -2.22. The molecule has 156 valence electrons. The summed E-state index contributed by atoms with van der Waals surface area (Å²) in [5, 5.41) is 8.15. The van der Waals surface area contributed by atoms with Crippen molar-refractivity contribution in [2.45, 2.75) is 17.2 Å². The molecule has 1 aliphatic rings. The Morgan fingerprint density at radius 1 is 1.16 bits per heavy atom. The summed E-state index contributed by atoms with van der Waals surface area (Å²) < 4.78 is 25.5. The van der Waals surface area contributed by atoms with Gasteiger partial charge in [0.15, 0.2) is 17.1 Å². The fourth-order valence-corrected chi connectivity index (χ4v) is 4.01. The summed E-state index contributed by atoms with van der Waals surface area (Å²) in [7, 11) is 0. The van der Waals surface area contributed by atoms with Gasteiger partial charge in [-0.2, -0.15) is 5.10 Å². The average molecular weight is 437 g/mol. The molecule has 31 heavy (non-hydrogen) atoms. The Hall–Kier alpha value is -3.66. The molecule has 10 heteroatoms. The number of carbonyl (C=O) groups excluding carboxylic acids is 1. The van der Waals surface area contributed by atoms with Crippen molar-refractivity contribution >= 4 is 34.4 Å². The number of nitrogens with zero attached hydrogens (tertiary/aromatic N) is 4. The van der Waals surface area contributed by atoms with Crippen LogP contribution in [0.15, 0.2) is 60.0 Å². The fourth-order valence-electron chi connectivity index (χ4n) is 3.13. The maximum atomic E-state index is 13.2. The van der Waals surface area contributed by atoms with E-state index in [0.717, 1.165) is 0 Å². The van der Waals surface area contributed by atoms with Crippen molar-refractivity contribution in [3.63, 3.8) is 0 Å². The van der Waals surface area contributed by atoms with E-state index in [1.807, 2.05) is 0 Å². The van der Waals surface area contributed by atoms with Crippen LogP contribution in [0.4, 0.5) is 10.1 Å². The summed E-state index contributed by atoms with van der Waals surface area (Å²) in [6.07, 6.45) is 3.07. The molecule has 1 aliphatic heterocycles. The highest BCUT2D eigenvalue weighted by molar-refractivity contribution is 8.00. The number of thioether (sulfide) groups is 1. The predicted molar refractivity (Wildman–Crippen MR) is 113 cm³/mol. The van der Waals surface area contributed by atoms with Crippen molar-refractivity contribution in [3.8, 4) is 17.2 Å². The molecular formula is C21H16FN5O3S. The Morgan fingerprint density at radius 2 is 1.97 bits per heavy atom. The predicted octanol–water partition coefficient (Wildman–Crippen LogP) is 3.80. The van der Waals surface area contributed by atoms with Gasteiger partial charge in [-0.25, -0.2) is 19.0 Å². The minimum Gasteiger partial charge on any atom is -0.454 e. The van der Waals surface area contributed by atoms with Crippen LogP contribution < -0.4 is 14.8 Å². The Morgan fingerprint density at radius 3 is 2.81 bits per heavy atom. The first-order valence-electron chi connectivity index (χ1n) is 9.40. The van der Waals surface area contributed by atoms with E-state index in [4.69, 9.17) is 9.47 Å². The zero-order chi connectivity index (χ0) is 21.4. The molecule has 8 nitrogen and oxygen atoms in total. The monoisotopic (exact) mass is 437 g/mol. The highest BCUT2D eigenvalue weighted by Crippen LogP contribution is 2.35. The molecule has 0 aliphatic carbocycles. The molecular weight excluding hydrogens is 421 g/mol. The van der Waals surface area contributed by atoms with Crippen LogP contribution in [0.25, 0.3) is 16.7 Å². The lowest BCUT2D eigenvalue weighted by Gasteiger charge is -2.12. The first-order chi connectivity index (χ1) is 15.1. The molecule has 0 saturated carbocycles. The molecule has 0 fully saturated rings. The normalized spacial score (nSPS) is 13.4. The number of carbonyl (C=O) groups is 1. The number of nitrogens with one attached hydrogen (secondary N) is 1. The van der Waals surface area contributed by atoms with Gasteiger partial charge in [0.2, 0.25) is 12.7 Å². The van der Waals surface area contributed by atoms with Crippen LogP contribution in [0.2, 0.25) is 0 Å². The van der Waals surface area contributed by atoms with E-state index in [9.17, 15) is 9.18 Å². The molecule has 3 heterocycles. The minimum atomic E-state index is -0.433. The van der Waals surface area contributed by atoms with Crippen LogP contribution in [-0.4, -0.2) is 37.7 Å². The second-order valence-electron chi connectivity index (χ2n) is 6.77. The lowest BCUT2D eigenvalue weighted by atomic mass is 10.2. The van der Waals surface area contributed by atoms with Crippen molar-refractivity contribution in [1.82, 2.24) is 19.7 Å². The van der Waals surface area contributed by atoms with Gasteiger partial charge in [0.1, 0.15) is 17.2 Å². The first kappa shape index (κ1) is 19.3. The molecule has 0 saturated heterocycles. The van der Waals surface area contributed by atoms with Crippen molar-refractivity contribution in [2.75, 3.05) is 12.1 Å². The summed E-state index contributed by atoms with van der Waals surface area (Å²) in [5.41, 5.74) is 1.88. The topological polar surface area (TPSA) is 91.2 Å². The first-order valence-corrected chi connectivity index (χ1v) is 10.3. The number of aromatic nitrogens is 4. The molecule has 1 N–H and O–H groups in total. The lowest BCUT2D eigenvalue weighted by molar-refractivity contribution is -0.115. The van der Waals surface area contributed by atoms with Crippen LogP contribution in [0, 0.1) is 5.82 Å². The zero-order valence-electron chi connectivity index (χ0n) is 16.3. The van der Waals surface area contributed by atoms with Gasteiger partial charge in [-0.1, -0.05) is 11.8 Å². The standard InChI is InChI=1S/C21H16FN5O3S/c1-12(20(28)26-14-4-7-17-18(8-14)30-11-29-17)31-21-16-9-25-27(19(16)23-10-24-21)15-5-2-13(22)3-6-15/h2-10,12H,11H2,1H3,(H,26,28). The molecule has 5 rings (SSSR count). The molecule has 1 unspecified atom stereocenters. The number of halogens is 1. The average Bonchev–Trinajstić information content (AvgIpc) is 3.41. The van der Waals surface area contributed by atoms with Gasteiger partial charge in [-0.15, -0.1) is 0 Å². The van der Waals surface area contributed by atoms with E-state index in [-0.39, 0.29) is 18.5 Å². The van der Waals surface area contributed by atoms with Crippen LogP contribution in [0.5, 0.6) is 11.5 Å². The van der Waals surface area contributed by atoms with Crippen LogP contribution in [-0.2, 0) is 4.79 Å². The number of rotatable bonds is 5. The highest BCUT2D eigenvalue weighted by atomic mass is 32.2. The van der Waals surface area contributed by atoms with Gasteiger partial charge >= 0.3 is 0 Å². The minimum absolute atomic E-state index is 0.175. The number of hydrogen-bond acceptors (Lipinski definition) is 7. The van der Waals surface area contributed by atoms with E-state index < -0.39 is 5.25 Å². The summed E-state index contributed by atoms with van der Waals surface area (Å²) >= 11 is 1.30. The third-order valence-corrected chi connectivity index (χ3v) is 5.81. The molecule has 0 spiro atoms. The summed E-state index contributed by atoms with van der Waals surface area (Å²) in [6, 6.07) is 11.2. The van der Waals surface area contributed by atoms with E-state index >= 15 is 0 Å². The number of fused-ring (bicyclic) bond motifs is 2. The number of anilines is 1. The van der Waals surface area contributed by atoms with Gasteiger partial charge in [-0.3, -0.25) is 4.79 Å². The SMILES string of the molecule is CC(Sc1ncnc2c1cnn2-c1ccc(F)cc1)C(=O)Nc1ccc2c(c1)OCO2. The number of benzene rings is 2. The summed E-state index contributed by atoms with van der Waals surface area (Å²) in [4.78, 5) is 21.3. The van der Waals surface area contributed by atoms with Gasteiger partial charge in [-0.05, 0) is 43.3 Å².